The maximum Gasteiger partial charge on any atom is 0.334 e. The quantitative estimate of drug-likeness (QED) is 0.455. The van der Waals surface area contributed by atoms with Crippen molar-refractivity contribution in [2.75, 3.05) is 6.54 Å². The standard InChI is InChI=1S/C30H35N3O6/c1-20(34)32-18-25(22-13-7-3-8-14-22)33(29(37)27(32)23-15-9-4-10-16-23)19-26(35)31-24(28(36)30(38)39)17-21-11-5-2-6-12-21/h2-3,5-8,11-14,18,23-24,27-28,36H,4,9-10,15-17,19H2,1H3,(H,31,35)(H,38,39)/t24-,27?,28?/m0/s1. The summed E-state index contributed by atoms with van der Waals surface area (Å²) in [7, 11) is 0. The fraction of sp³-hybridized carbons (Fsp3) is 0.400. The summed E-state index contributed by atoms with van der Waals surface area (Å²) in [5.41, 5.74) is 1.83. The van der Waals surface area contributed by atoms with Gasteiger partial charge in [0.05, 0.1) is 11.7 Å². The molecule has 1 heterocycles. The number of aliphatic hydroxyl groups is 1. The molecule has 0 aromatic heterocycles. The minimum Gasteiger partial charge on any atom is -0.479 e. The first-order valence-corrected chi connectivity index (χ1v) is 13.4. The largest absolute Gasteiger partial charge is 0.479 e. The molecule has 39 heavy (non-hydrogen) atoms. The highest BCUT2D eigenvalue weighted by atomic mass is 16.4. The van der Waals surface area contributed by atoms with E-state index in [1.165, 1.54) is 16.7 Å². The van der Waals surface area contributed by atoms with Crippen LogP contribution in [0.25, 0.3) is 5.70 Å². The highest BCUT2D eigenvalue weighted by Gasteiger charge is 2.43. The molecule has 3 N–H and O–H groups in total. The highest BCUT2D eigenvalue weighted by molar-refractivity contribution is 5.99. The lowest BCUT2D eigenvalue weighted by atomic mass is 9.81. The highest BCUT2D eigenvalue weighted by Crippen LogP contribution is 2.35. The number of nitrogens with zero attached hydrogens (tertiary/aromatic N) is 2. The fourth-order valence-corrected chi connectivity index (χ4v) is 5.52. The van der Waals surface area contributed by atoms with Crippen LogP contribution >= 0.6 is 0 Å². The molecule has 0 saturated heterocycles. The van der Waals surface area contributed by atoms with E-state index in [1.807, 2.05) is 24.3 Å². The lowest BCUT2D eigenvalue weighted by molar-refractivity contribution is -0.149. The van der Waals surface area contributed by atoms with Crippen LogP contribution in [0.3, 0.4) is 0 Å². The van der Waals surface area contributed by atoms with Gasteiger partial charge in [-0.3, -0.25) is 19.3 Å². The molecule has 2 unspecified atom stereocenters. The van der Waals surface area contributed by atoms with Gasteiger partial charge in [0, 0.05) is 13.1 Å². The number of benzene rings is 2. The maximum atomic E-state index is 14.0. The van der Waals surface area contributed by atoms with E-state index in [4.69, 9.17) is 0 Å². The molecule has 0 bridgehead atoms. The first kappa shape index (κ1) is 28.0. The van der Waals surface area contributed by atoms with Crippen LogP contribution in [0.2, 0.25) is 0 Å². The zero-order valence-electron chi connectivity index (χ0n) is 22.0. The number of rotatable bonds is 9. The van der Waals surface area contributed by atoms with Gasteiger partial charge >= 0.3 is 5.97 Å². The number of carboxylic acids is 1. The first-order chi connectivity index (χ1) is 18.8. The van der Waals surface area contributed by atoms with Crippen LogP contribution in [0, 0.1) is 5.92 Å². The van der Waals surface area contributed by atoms with E-state index in [1.54, 1.807) is 42.6 Å². The summed E-state index contributed by atoms with van der Waals surface area (Å²) in [6, 6.07) is 16.2. The molecule has 0 radical (unpaired) electrons. The summed E-state index contributed by atoms with van der Waals surface area (Å²) in [4.78, 5) is 54.6. The third kappa shape index (κ3) is 6.72. The number of carbonyl (C=O) groups is 4. The molecule has 1 saturated carbocycles. The van der Waals surface area contributed by atoms with Crippen LogP contribution in [0.4, 0.5) is 0 Å². The number of amides is 3. The Bertz CT molecular complexity index is 1210. The second-order valence-electron chi connectivity index (χ2n) is 10.2. The molecule has 1 aliphatic carbocycles. The average Bonchev–Trinajstić information content (AvgIpc) is 2.94. The van der Waals surface area contributed by atoms with Gasteiger partial charge in [-0.15, -0.1) is 0 Å². The van der Waals surface area contributed by atoms with Crippen molar-refractivity contribution in [1.82, 2.24) is 15.1 Å². The van der Waals surface area contributed by atoms with E-state index in [0.29, 0.717) is 11.3 Å². The molecule has 3 amide bonds. The van der Waals surface area contributed by atoms with Crippen molar-refractivity contribution in [2.24, 2.45) is 5.92 Å². The van der Waals surface area contributed by atoms with Crippen LogP contribution in [-0.4, -0.2) is 68.4 Å². The molecule has 3 atom stereocenters. The van der Waals surface area contributed by atoms with Gasteiger partial charge in [0.15, 0.2) is 6.10 Å². The summed E-state index contributed by atoms with van der Waals surface area (Å²) in [6.07, 6.45) is 4.59. The SMILES string of the molecule is CC(=O)N1C=C(c2ccccc2)N(CC(=O)N[C@@H](Cc2ccccc2)C(O)C(=O)O)C(=O)C1C1CCCCC1. The van der Waals surface area contributed by atoms with Crippen molar-refractivity contribution in [2.45, 2.75) is 63.6 Å². The number of carboxylic acid groups (broad SMARTS) is 1. The Hall–Kier alpha value is -3.98. The monoisotopic (exact) mass is 533 g/mol. The van der Waals surface area contributed by atoms with E-state index >= 15 is 0 Å². The predicted molar refractivity (Wildman–Crippen MR) is 145 cm³/mol. The van der Waals surface area contributed by atoms with Gasteiger partial charge < -0.3 is 20.4 Å². The Balaban J connectivity index is 1.64. The Morgan fingerprint density at radius 2 is 1.59 bits per heavy atom. The van der Waals surface area contributed by atoms with Gasteiger partial charge in [0.1, 0.15) is 12.6 Å². The molecule has 9 nitrogen and oxygen atoms in total. The summed E-state index contributed by atoms with van der Waals surface area (Å²) in [5.74, 6) is -2.67. The van der Waals surface area contributed by atoms with Gasteiger partial charge in [-0.05, 0) is 36.3 Å². The number of nitrogens with one attached hydrogen (secondary N) is 1. The fourth-order valence-electron chi connectivity index (χ4n) is 5.52. The average molecular weight is 534 g/mol. The third-order valence-electron chi connectivity index (χ3n) is 7.48. The van der Waals surface area contributed by atoms with Gasteiger partial charge in [-0.2, -0.15) is 0 Å². The van der Waals surface area contributed by atoms with E-state index in [9.17, 15) is 29.4 Å². The molecular formula is C30H35N3O6. The van der Waals surface area contributed by atoms with Gasteiger partial charge in [-0.25, -0.2) is 4.79 Å². The summed E-state index contributed by atoms with van der Waals surface area (Å²) in [5, 5.41) is 22.4. The molecule has 1 aliphatic heterocycles. The van der Waals surface area contributed by atoms with Crippen molar-refractivity contribution in [3.8, 4) is 0 Å². The van der Waals surface area contributed by atoms with E-state index in [2.05, 4.69) is 5.32 Å². The van der Waals surface area contributed by atoms with Crippen LogP contribution in [0.15, 0.2) is 66.9 Å². The smallest absolute Gasteiger partial charge is 0.334 e. The summed E-state index contributed by atoms with van der Waals surface area (Å²) < 4.78 is 0. The number of hydrogen-bond donors (Lipinski definition) is 3. The maximum absolute atomic E-state index is 14.0. The van der Waals surface area contributed by atoms with Crippen LogP contribution < -0.4 is 5.32 Å². The van der Waals surface area contributed by atoms with Gasteiger partial charge in [0.25, 0.3) is 5.91 Å². The van der Waals surface area contributed by atoms with E-state index < -0.39 is 30.1 Å². The molecule has 1 fully saturated rings. The number of carbonyl (C=O) groups excluding carboxylic acids is 3. The Morgan fingerprint density at radius 1 is 0.974 bits per heavy atom. The molecule has 4 rings (SSSR count). The zero-order chi connectivity index (χ0) is 27.9. The van der Waals surface area contributed by atoms with Crippen molar-refractivity contribution in [3.05, 3.63) is 78.0 Å². The Kier molecular flexibility index (Phi) is 9.14. The molecule has 2 aromatic rings. The Morgan fingerprint density at radius 3 is 2.18 bits per heavy atom. The van der Waals surface area contributed by atoms with E-state index in [0.717, 1.165) is 37.7 Å². The minimum atomic E-state index is -1.83. The van der Waals surface area contributed by atoms with Gasteiger partial charge in [0.2, 0.25) is 11.8 Å². The first-order valence-electron chi connectivity index (χ1n) is 13.4. The second kappa shape index (κ2) is 12.7. The molecule has 206 valence electrons. The van der Waals surface area contributed by atoms with Crippen molar-refractivity contribution in [1.29, 1.82) is 0 Å². The number of aliphatic carboxylic acids is 1. The summed E-state index contributed by atoms with van der Waals surface area (Å²) in [6.45, 7) is 1.05. The molecule has 0 spiro atoms. The predicted octanol–water partition coefficient (Wildman–Crippen LogP) is 2.80. The van der Waals surface area contributed by atoms with Crippen molar-refractivity contribution < 1.29 is 29.4 Å². The third-order valence-corrected chi connectivity index (χ3v) is 7.48. The van der Waals surface area contributed by atoms with Crippen LogP contribution in [0.1, 0.15) is 50.2 Å². The molecule has 9 heteroatoms. The van der Waals surface area contributed by atoms with Crippen LogP contribution in [-0.2, 0) is 25.6 Å². The minimum absolute atomic E-state index is 0.0195. The topological polar surface area (TPSA) is 127 Å². The second-order valence-corrected chi connectivity index (χ2v) is 10.2. The summed E-state index contributed by atoms with van der Waals surface area (Å²) >= 11 is 0. The van der Waals surface area contributed by atoms with Crippen LogP contribution in [0.5, 0.6) is 0 Å². The molecule has 2 aliphatic rings. The van der Waals surface area contributed by atoms with Gasteiger partial charge in [-0.1, -0.05) is 79.9 Å². The lowest BCUT2D eigenvalue weighted by Crippen LogP contribution is -2.58. The lowest BCUT2D eigenvalue weighted by Gasteiger charge is -2.43. The Labute approximate surface area is 228 Å². The zero-order valence-corrected chi connectivity index (χ0v) is 22.0. The van der Waals surface area contributed by atoms with Crippen molar-refractivity contribution in [3.63, 3.8) is 0 Å². The molecular weight excluding hydrogens is 498 g/mol. The number of hydrogen-bond acceptors (Lipinski definition) is 5. The van der Waals surface area contributed by atoms with E-state index in [-0.39, 0.29) is 30.7 Å². The normalized spacial score (nSPS) is 19.7. The number of aliphatic hydroxyl groups excluding tert-OH is 1. The van der Waals surface area contributed by atoms with Crippen molar-refractivity contribution >= 4 is 29.4 Å². The molecule has 2 aromatic carbocycles.